The molecule has 1 nitrogen and oxygen atoms in total. The fraction of sp³-hybridized carbons (Fsp3) is 0.636. The normalized spacial score (nSPS) is 12.8. The molecule has 0 aliphatic carbocycles. The van der Waals surface area contributed by atoms with E-state index in [0.29, 0.717) is 0 Å². The largest absolute Gasteiger partial charge is 0.488 e. The van der Waals surface area contributed by atoms with E-state index in [4.69, 9.17) is 4.74 Å². The summed E-state index contributed by atoms with van der Waals surface area (Å²) < 4.78 is 5.78. The molecule has 0 amide bonds. The first-order valence-corrected chi connectivity index (χ1v) is 4.59. The molecule has 70 valence electrons. The topological polar surface area (TPSA) is 9.23 Å². The molecule has 0 unspecified atom stereocenters. The van der Waals surface area contributed by atoms with Crippen LogP contribution >= 0.6 is 0 Å². The summed E-state index contributed by atoms with van der Waals surface area (Å²) in [7, 11) is 0. The third-order valence-electron chi connectivity index (χ3n) is 2.35. The van der Waals surface area contributed by atoms with Crippen LogP contribution in [0.4, 0.5) is 0 Å². The highest BCUT2D eigenvalue weighted by Crippen LogP contribution is 2.23. The molecule has 0 fully saturated rings. The number of ether oxygens (including phenoxy) is 1. The van der Waals surface area contributed by atoms with Crippen molar-refractivity contribution in [1.82, 2.24) is 0 Å². The maximum absolute atomic E-state index is 5.78. The number of allylic oxidation sites excluding steroid dienone is 2. The van der Waals surface area contributed by atoms with Gasteiger partial charge in [-0.25, -0.2) is 0 Å². The average molecular weight is 168 g/mol. The van der Waals surface area contributed by atoms with Crippen LogP contribution in [-0.2, 0) is 4.74 Å². The van der Waals surface area contributed by atoms with Crippen LogP contribution in [0.15, 0.2) is 24.5 Å². The van der Waals surface area contributed by atoms with E-state index < -0.39 is 0 Å². The SMILES string of the molecule is C=CC(=CC)OC(C)(CC)CC. The molecular weight excluding hydrogens is 148 g/mol. The Balaban J connectivity index is 4.28. The van der Waals surface area contributed by atoms with Gasteiger partial charge >= 0.3 is 0 Å². The summed E-state index contributed by atoms with van der Waals surface area (Å²) in [5.41, 5.74) is -0.0317. The lowest BCUT2D eigenvalue weighted by molar-refractivity contribution is 0.0177. The van der Waals surface area contributed by atoms with Crippen LogP contribution in [0.25, 0.3) is 0 Å². The molecule has 0 atom stereocenters. The predicted octanol–water partition coefficient (Wildman–Crippen LogP) is 3.67. The van der Waals surface area contributed by atoms with Gasteiger partial charge in [0.2, 0.25) is 0 Å². The molecule has 0 aromatic heterocycles. The smallest absolute Gasteiger partial charge is 0.115 e. The van der Waals surface area contributed by atoms with E-state index in [-0.39, 0.29) is 5.60 Å². The Labute approximate surface area is 76.1 Å². The van der Waals surface area contributed by atoms with E-state index in [1.165, 1.54) is 0 Å². The van der Waals surface area contributed by atoms with E-state index in [9.17, 15) is 0 Å². The molecule has 0 aromatic rings. The van der Waals surface area contributed by atoms with Gasteiger partial charge in [0.15, 0.2) is 0 Å². The number of hydrogen-bond acceptors (Lipinski definition) is 1. The van der Waals surface area contributed by atoms with Gasteiger partial charge in [0.25, 0.3) is 0 Å². The van der Waals surface area contributed by atoms with Crippen molar-refractivity contribution in [2.75, 3.05) is 0 Å². The summed E-state index contributed by atoms with van der Waals surface area (Å²) in [4.78, 5) is 0. The van der Waals surface area contributed by atoms with Crippen molar-refractivity contribution in [3.05, 3.63) is 24.5 Å². The summed E-state index contributed by atoms with van der Waals surface area (Å²) in [6, 6.07) is 0. The van der Waals surface area contributed by atoms with Crippen molar-refractivity contribution in [3.8, 4) is 0 Å². The first-order chi connectivity index (χ1) is 5.61. The van der Waals surface area contributed by atoms with Crippen LogP contribution in [0.5, 0.6) is 0 Å². The number of hydrogen-bond donors (Lipinski definition) is 0. The highest BCUT2D eigenvalue weighted by Gasteiger charge is 2.21. The highest BCUT2D eigenvalue weighted by molar-refractivity contribution is 5.08. The molecule has 0 rings (SSSR count). The van der Waals surface area contributed by atoms with E-state index in [1.54, 1.807) is 6.08 Å². The lowest BCUT2D eigenvalue weighted by Crippen LogP contribution is -2.25. The molecule has 0 aliphatic rings. The van der Waals surface area contributed by atoms with Gasteiger partial charge in [0.05, 0.1) is 0 Å². The molecular formula is C11H20O. The predicted molar refractivity (Wildman–Crippen MR) is 54.0 cm³/mol. The second kappa shape index (κ2) is 5.02. The minimum Gasteiger partial charge on any atom is -0.488 e. The van der Waals surface area contributed by atoms with Gasteiger partial charge in [-0.05, 0) is 38.8 Å². The highest BCUT2D eigenvalue weighted by atomic mass is 16.5. The monoisotopic (exact) mass is 168 g/mol. The molecule has 0 N–H and O–H groups in total. The fourth-order valence-electron chi connectivity index (χ4n) is 0.897. The Morgan fingerprint density at radius 2 is 1.92 bits per heavy atom. The molecule has 0 spiro atoms. The summed E-state index contributed by atoms with van der Waals surface area (Å²) in [5, 5.41) is 0. The minimum absolute atomic E-state index is 0.0317. The van der Waals surface area contributed by atoms with Gasteiger partial charge in [-0.3, -0.25) is 0 Å². The van der Waals surface area contributed by atoms with Crippen LogP contribution in [-0.4, -0.2) is 5.60 Å². The fourth-order valence-corrected chi connectivity index (χ4v) is 0.897. The Morgan fingerprint density at radius 1 is 1.42 bits per heavy atom. The van der Waals surface area contributed by atoms with Crippen LogP contribution in [0, 0.1) is 0 Å². The standard InChI is InChI=1S/C11H20O/c1-6-10(7-2)12-11(5,8-3)9-4/h6-7H,1,8-9H2,2-5H3. The lowest BCUT2D eigenvalue weighted by Gasteiger charge is -2.28. The second-order valence-corrected chi connectivity index (χ2v) is 3.15. The zero-order chi connectivity index (χ0) is 9.61. The van der Waals surface area contributed by atoms with Crippen LogP contribution in [0.3, 0.4) is 0 Å². The zero-order valence-corrected chi connectivity index (χ0v) is 8.68. The average Bonchev–Trinajstić information content (AvgIpc) is 2.14. The Hall–Kier alpha value is -0.720. The second-order valence-electron chi connectivity index (χ2n) is 3.15. The van der Waals surface area contributed by atoms with Gasteiger partial charge in [0, 0.05) is 0 Å². The van der Waals surface area contributed by atoms with E-state index in [1.807, 2.05) is 13.0 Å². The van der Waals surface area contributed by atoms with Gasteiger partial charge in [-0.2, -0.15) is 0 Å². The molecule has 0 aromatic carbocycles. The van der Waals surface area contributed by atoms with Gasteiger partial charge < -0.3 is 4.74 Å². The van der Waals surface area contributed by atoms with Gasteiger partial charge in [0.1, 0.15) is 11.4 Å². The molecule has 12 heavy (non-hydrogen) atoms. The van der Waals surface area contributed by atoms with Gasteiger partial charge in [-0.15, -0.1) is 0 Å². The summed E-state index contributed by atoms with van der Waals surface area (Å²) in [6.45, 7) is 12.1. The first kappa shape index (κ1) is 11.3. The third kappa shape index (κ3) is 3.12. The molecule has 0 heterocycles. The van der Waals surface area contributed by atoms with Crippen LogP contribution in [0.1, 0.15) is 40.5 Å². The van der Waals surface area contributed by atoms with Crippen LogP contribution in [0.2, 0.25) is 0 Å². The van der Waals surface area contributed by atoms with Gasteiger partial charge in [-0.1, -0.05) is 20.4 Å². The minimum atomic E-state index is -0.0317. The van der Waals surface area contributed by atoms with Crippen LogP contribution < -0.4 is 0 Å². The lowest BCUT2D eigenvalue weighted by atomic mass is 10.00. The quantitative estimate of drug-likeness (QED) is 0.449. The van der Waals surface area contributed by atoms with Crippen molar-refractivity contribution in [2.45, 2.75) is 46.1 Å². The van der Waals surface area contributed by atoms with Crippen molar-refractivity contribution in [2.24, 2.45) is 0 Å². The third-order valence-corrected chi connectivity index (χ3v) is 2.35. The van der Waals surface area contributed by atoms with Crippen molar-refractivity contribution >= 4 is 0 Å². The zero-order valence-electron chi connectivity index (χ0n) is 8.68. The first-order valence-electron chi connectivity index (χ1n) is 4.59. The van der Waals surface area contributed by atoms with E-state index >= 15 is 0 Å². The Kier molecular flexibility index (Phi) is 4.72. The van der Waals surface area contributed by atoms with E-state index in [2.05, 4.69) is 27.4 Å². The van der Waals surface area contributed by atoms with E-state index in [0.717, 1.165) is 18.6 Å². The van der Waals surface area contributed by atoms with Crippen molar-refractivity contribution in [1.29, 1.82) is 0 Å². The Morgan fingerprint density at radius 3 is 2.17 bits per heavy atom. The summed E-state index contributed by atoms with van der Waals surface area (Å²) in [5.74, 6) is 0.876. The molecule has 0 radical (unpaired) electrons. The molecule has 0 saturated carbocycles. The molecule has 0 bridgehead atoms. The summed E-state index contributed by atoms with van der Waals surface area (Å²) >= 11 is 0. The van der Waals surface area contributed by atoms with Crippen molar-refractivity contribution in [3.63, 3.8) is 0 Å². The molecule has 0 saturated heterocycles. The summed E-state index contributed by atoms with van der Waals surface area (Å²) in [6.07, 6.45) is 5.74. The molecule has 1 heteroatoms. The van der Waals surface area contributed by atoms with Crippen molar-refractivity contribution < 1.29 is 4.74 Å². The number of rotatable bonds is 5. The maximum Gasteiger partial charge on any atom is 0.115 e. The molecule has 0 aliphatic heterocycles. The Bertz CT molecular complexity index is 164. The maximum atomic E-state index is 5.78.